The highest BCUT2D eigenvalue weighted by atomic mass is 31.2. The molecule has 98 heavy (non-hydrogen) atoms. The lowest BCUT2D eigenvalue weighted by Crippen LogP contribution is -2.30. The van der Waals surface area contributed by atoms with Gasteiger partial charge in [-0.2, -0.15) is 0 Å². The van der Waals surface area contributed by atoms with E-state index in [2.05, 4.69) is 55.4 Å². The molecule has 0 spiro atoms. The van der Waals surface area contributed by atoms with Crippen LogP contribution in [0.25, 0.3) is 0 Å². The van der Waals surface area contributed by atoms with Gasteiger partial charge in [0, 0.05) is 25.7 Å². The Morgan fingerprint density at radius 2 is 0.490 bits per heavy atom. The summed E-state index contributed by atoms with van der Waals surface area (Å²) in [4.78, 5) is 72.9. The predicted octanol–water partition coefficient (Wildman–Crippen LogP) is 23.2. The molecule has 3 N–H and O–H groups in total. The number of rotatable bonds is 76. The Morgan fingerprint density at radius 1 is 0.286 bits per heavy atom. The largest absolute Gasteiger partial charge is 0.472 e. The summed E-state index contributed by atoms with van der Waals surface area (Å²) < 4.78 is 68.6. The van der Waals surface area contributed by atoms with Crippen molar-refractivity contribution in [2.45, 2.75) is 420 Å². The van der Waals surface area contributed by atoms with Gasteiger partial charge in [0.2, 0.25) is 0 Å². The zero-order valence-corrected chi connectivity index (χ0v) is 66.2. The maximum Gasteiger partial charge on any atom is 0.472 e. The maximum absolute atomic E-state index is 13.1. The summed E-state index contributed by atoms with van der Waals surface area (Å²) in [5, 5.41) is 10.6. The first-order valence-electron chi connectivity index (χ1n) is 40.7. The number of ether oxygens (including phenoxy) is 4. The summed E-state index contributed by atoms with van der Waals surface area (Å²) in [7, 11) is -9.92. The molecule has 0 aliphatic carbocycles. The van der Waals surface area contributed by atoms with E-state index in [9.17, 15) is 43.2 Å². The van der Waals surface area contributed by atoms with Gasteiger partial charge in [-0.15, -0.1) is 0 Å². The fourth-order valence-corrected chi connectivity index (χ4v) is 13.6. The van der Waals surface area contributed by atoms with Crippen molar-refractivity contribution in [1.29, 1.82) is 0 Å². The predicted molar refractivity (Wildman–Crippen MR) is 400 cm³/mol. The first kappa shape index (κ1) is 96.1. The molecule has 0 rings (SSSR count). The highest BCUT2D eigenvalue weighted by Crippen LogP contribution is 2.45. The molecular formula is C79H154O17P2. The average molecular weight is 1440 g/mol. The molecule has 0 bridgehead atoms. The Kier molecular flexibility index (Phi) is 66.8. The van der Waals surface area contributed by atoms with Gasteiger partial charge in [0.15, 0.2) is 12.2 Å². The van der Waals surface area contributed by atoms with Gasteiger partial charge in [0.1, 0.15) is 19.3 Å². The van der Waals surface area contributed by atoms with Crippen molar-refractivity contribution in [3.05, 3.63) is 0 Å². The summed E-state index contributed by atoms with van der Waals surface area (Å²) in [6.45, 7) is 14.2. The molecule has 0 aromatic rings. The van der Waals surface area contributed by atoms with Crippen LogP contribution in [0.2, 0.25) is 0 Å². The van der Waals surface area contributed by atoms with Crippen molar-refractivity contribution >= 4 is 39.5 Å². The molecule has 17 nitrogen and oxygen atoms in total. The van der Waals surface area contributed by atoms with Crippen molar-refractivity contribution in [3.63, 3.8) is 0 Å². The molecule has 0 saturated carbocycles. The van der Waals surface area contributed by atoms with Gasteiger partial charge in [-0.25, -0.2) is 9.13 Å². The first-order chi connectivity index (χ1) is 47.1. The van der Waals surface area contributed by atoms with Gasteiger partial charge in [-0.1, -0.05) is 351 Å². The molecule has 4 unspecified atom stereocenters. The standard InChI is InChI=1S/C79H154O17P2/c1-9-72(8)58-50-42-34-25-20-21-27-37-45-53-61-78(83)95-74(65-89-76(81)59-51-43-35-26-19-17-15-13-11-10-12-14-16-18-23-31-39-47-55-69(2)3)67-93-97(85,86)91-63-73(80)64-92-98(87,88)94-68-75(66-90-77(82)60-52-44-36-30-29-33-41-49-57-71(6)7)96-79(84)62-54-46-38-28-22-24-32-40-48-56-70(4)5/h69-75,80H,9-68H2,1-8H3,(H,85,86)(H,87,88)/t72?,73?,74-,75-/m1/s1. The maximum atomic E-state index is 13.1. The number of hydrogen-bond acceptors (Lipinski definition) is 15. The van der Waals surface area contributed by atoms with Gasteiger partial charge >= 0.3 is 39.5 Å². The van der Waals surface area contributed by atoms with E-state index in [0.29, 0.717) is 25.7 Å². The molecule has 0 saturated heterocycles. The zero-order valence-electron chi connectivity index (χ0n) is 64.4. The lowest BCUT2D eigenvalue weighted by Gasteiger charge is -2.21. The molecule has 0 aromatic carbocycles. The lowest BCUT2D eigenvalue weighted by atomic mass is 9.99. The second kappa shape index (κ2) is 68.2. The normalized spacial score (nSPS) is 14.3. The Morgan fingerprint density at radius 3 is 0.724 bits per heavy atom. The van der Waals surface area contributed by atoms with Crippen molar-refractivity contribution in [2.24, 2.45) is 23.7 Å². The summed E-state index contributed by atoms with van der Waals surface area (Å²) >= 11 is 0. The van der Waals surface area contributed by atoms with Gasteiger partial charge in [0.05, 0.1) is 26.4 Å². The fraction of sp³-hybridized carbons (Fsp3) is 0.949. The number of hydrogen-bond donors (Lipinski definition) is 3. The Bertz CT molecular complexity index is 1920. The monoisotopic (exact) mass is 1440 g/mol. The minimum atomic E-state index is -4.96. The number of phosphoric ester groups is 2. The van der Waals surface area contributed by atoms with E-state index >= 15 is 0 Å². The number of aliphatic hydroxyl groups is 1. The third kappa shape index (κ3) is 71.1. The molecule has 0 aliphatic heterocycles. The lowest BCUT2D eigenvalue weighted by molar-refractivity contribution is -0.161. The third-order valence-electron chi connectivity index (χ3n) is 18.7. The Labute approximate surface area is 600 Å². The molecule has 6 atom stereocenters. The minimum Gasteiger partial charge on any atom is -0.462 e. The van der Waals surface area contributed by atoms with Crippen molar-refractivity contribution in [1.82, 2.24) is 0 Å². The second-order valence-corrected chi connectivity index (χ2v) is 33.0. The van der Waals surface area contributed by atoms with Gasteiger partial charge in [0.25, 0.3) is 0 Å². The van der Waals surface area contributed by atoms with E-state index in [-0.39, 0.29) is 25.7 Å². The van der Waals surface area contributed by atoms with Crippen molar-refractivity contribution in [3.8, 4) is 0 Å². The number of esters is 4. The van der Waals surface area contributed by atoms with E-state index < -0.39 is 97.5 Å². The summed E-state index contributed by atoms with van der Waals surface area (Å²) in [6.07, 6.45) is 54.2. The fourth-order valence-electron chi connectivity index (χ4n) is 12.0. The molecule has 19 heteroatoms. The second-order valence-electron chi connectivity index (χ2n) is 30.1. The summed E-state index contributed by atoms with van der Waals surface area (Å²) in [5.74, 6) is 0.970. The molecule has 0 radical (unpaired) electrons. The number of aliphatic hydroxyl groups excluding tert-OH is 1. The third-order valence-corrected chi connectivity index (χ3v) is 20.6. The van der Waals surface area contributed by atoms with Crippen LogP contribution in [0.3, 0.4) is 0 Å². The molecule has 0 amide bonds. The van der Waals surface area contributed by atoms with Crippen LogP contribution in [0.4, 0.5) is 0 Å². The SMILES string of the molecule is CCC(C)CCCCCCCCCCCCC(=O)O[C@H](COC(=O)CCCCCCCCCCCCCCCCCCCCC(C)C)COP(=O)(O)OCC(O)COP(=O)(O)OC[C@@H](COC(=O)CCCCCCCCCCC(C)C)OC(=O)CCCCCCCCCCCC(C)C. The van der Waals surface area contributed by atoms with Crippen LogP contribution in [0.1, 0.15) is 402 Å². The minimum absolute atomic E-state index is 0.104. The molecule has 582 valence electrons. The first-order valence-corrected chi connectivity index (χ1v) is 43.7. The van der Waals surface area contributed by atoms with E-state index in [1.54, 1.807) is 0 Å². The van der Waals surface area contributed by atoms with Crippen LogP contribution in [-0.4, -0.2) is 96.7 Å². The van der Waals surface area contributed by atoms with Crippen LogP contribution >= 0.6 is 15.6 Å². The molecule has 0 fully saturated rings. The van der Waals surface area contributed by atoms with E-state index in [0.717, 1.165) is 114 Å². The quantitative estimate of drug-likeness (QED) is 0.0222. The number of carbonyl (C=O) groups is 4. The summed E-state index contributed by atoms with van der Waals surface area (Å²) in [6, 6.07) is 0. The number of unbranched alkanes of at least 4 members (excludes halogenated alkanes) is 41. The zero-order chi connectivity index (χ0) is 72.4. The van der Waals surface area contributed by atoms with Crippen molar-refractivity contribution < 1.29 is 80.2 Å². The number of phosphoric acid groups is 2. The van der Waals surface area contributed by atoms with Crippen molar-refractivity contribution in [2.75, 3.05) is 39.6 Å². The van der Waals surface area contributed by atoms with Gasteiger partial charge < -0.3 is 33.8 Å². The Hall–Kier alpha value is -1.94. The van der Waals surface area contributed by atoms with Gasteiger partial charge in [-0.3, -0.25) is 37.3 Å². The van der Waals surface area contributed by atoms with E-state index in [1.165, 1.54) is 205 Å². The smallest absolute Gasteiger partial charge is 0.462 e. The Balaban J connectivity index is 5.21. The van der Waals surface area contributed by atoms with Crippen LogP contribution in [0, 0.1) is 23.7 Å². The topological polar surface area (TPSA) is 237 Å². The molecule has 0 aliphatic rings. The number of carbonyl (C=O) groups excluding carboxylic acids is 4. The average Bonchev–Trinajstić information content (AvgIpc) is 1.51. The molecule has 0 heterocycles. The van der Waals surface area contributed by atoms with Crippen LogP contribution in [-0.2, 0) is 65.4 Å². The summed E-state index contributed by atoms with van der Waals surface area (Å²) in [5.41, 5.74) is 0. The highest BCUT2D eigenvalue weighted by molar-refractivity contribution is 7.47. The van der Waals surface area contributed by atoms with Crippen LogP contribution < -0.4 is 0 Å². The van der Waals surface area contributed by atoms with Gasteiger partial charge in [-0.05, 0) is 49.4 Å². The van der Waals surface area contributed by atoms with E-state index in [4.69, 9.17) is 37.0 Å². The molecular weight excluding hydrogens is 1280 g/mol. The molecule has 0 aromatic heterocycles. The van der Waals surface area contributed by atoms with Crippen LogP contribution in [0.5, 0.6) is 0 Å². The highest BCUT2D eigenvalue weighted by Gasteiger charge is 2.30. The van der Waals surface area contributed by atoms with E-state index in [1.807, 2.05) is 0 Å². The van der Waals surface area contributed by atoms with Crippen LogP contribution in [0.15, 0.2) is 0 Å².